The quantitative estimate of drug-likeness (QED) is 0.568. The molecule has 2 atom stereocenters. The lowest BCUT2D eigenvalue weighted by Crippen LogP contribution is -2.39. The minimum atomic E-state index is -0.137. The Balaban J connectivity index is 4.07. The van der Waals surface area contributed by atoms with Crippen LogP contribution in [0.1, 0.15) is 66.7 Å². The van der Waals surface area contributed by atoms with E-state index in [-0.39, 0.29) is 5.54 Å². The van der Waals surface area contributed by atoms with Gasteiger partial charge in [0.1, 0.15) is 0 Å². The van der Waals surface area contributed by atoms with Crippen LogP contribution in [0.15, 0.2) is 24.3 Å². The number of hydrogen-bond acceptors (Lipinski definition) is 1. The van der Waals surface area contributed by atoms with Gasteiger partial charge in [0.15, 0.2) is 0 Å². The average molecular weight is 251 g/mol. The normalized spacial score (nSPS) is 15.9. The molecule has 0 heterocycles. The molecule has 0 saturated heterocycles. The molecule has 0 aliphatic heterocycles. The van der Waals surface area contributed by atoms with Crippen LogP contribution in [0.2, 0.25) is 0 Å². The van der Waals surface area contributed by atoms with E-state index in [0.717, 1.165) is 18.8 Å². The van der Waals surface area contributed by atoms with E-state index in [2.05, 4.69) is 53.3 Å². The van der Waals surface area contributed by atoms with E-state index >= 15 is 0 Å². The van der Waals surface area contributed by atoms with E-state index in [1.54, 1.807) is 0 Å². The third-order valence-corrected chi connectivity index (χ3v) is 3.85. The lowest BCUT2D eigenvalue weighted by molar-refractivity contribution is 0.373. The van der Waals surface area contributed by atoms with Crippen molar-refractivity contribution in [1.29, 1.82) is 0 Å². The Morgan fingerprint density at radius 3 is 2.33 bits per heavy atom. The van der Waals surface area contributed by atoms with E-state index in [1.807, 2.05) is 0 Å². The number of hydrogen-bond donors (Lipinski definition) is 1. The zero-order chi connectivity index (χ0) is 14.2. The molecular weight excluding hydrogens is 218 g/mol. The van der Waals surface area contributed by atoms with Gasteiger partial charge in [-0.2, -0.15) is 0 Å². The molecule has 106 valence electrons. The largest absolute Gasteiger partial charge is 0.325 e. The Labute approximate surface area is 115 Å². The van der Waals surface area contributed by atoms with Gasteiger partial charge in [0.05, 0.1) is 0 Å². The van der Waals surface area contributed by atoms with Gasteiger partial charge in [-0.3, -0.25) is 0 Å². The summed E-state index contributed by atoms with van der Waals surface area (Å²) in [5.74, 6) is 1.27. The zero-order valence-corrected chi connectivity index (χ0v) is 13.1. The third kappa shape index (κ3) is 7.71. The number of nitrogens with two attached hydrogens (primary N) is 1. The van der Waals surface area contributed by atoms with Gasteiger partial charge >= 0.3 is 0 Å². The van der Waals surface area contributed by atoms with Crippen LogP contribution in [0.25, 0.3) is 0 Å². The van der Waals surface area contributed by atoms with Crippen molar-refractivity contribution in [3.63, 3.8) is 0 Å². The van der Waals surface area contributed by atoms with Crippen molar-refractivity contribution in [2.45, 2.75) is 72.3 Å². The molecule has 1 nitrogen and oxygen atoms in total. The van der Waals surface area contributed by atoms with Crippen LogP contribution in [-0.2, 0) is 0 Å². The number of rotatable bonds is 9. The molecule has 0 aliphatic rings. The Kier molecular flexibility index (Phi) is 8.26. The Hall–Kier alpha value is -0.560. The minimum absolute atomic E-state index is 0.137. The Bertz CT molecular complexity index is 257. The lowest BCUT2D eigenvalue weighted by Gasteiger charge is -2.27. The van der Waals surface area contributed by atoms with E-state index in [0.29, 0.717) is 5.92 Å². The first-order chi connectivity index (χ1) is 8.31. The van der Waals surface area contributed by atoms with E-state index < -0.39 is 0 Å². The summed E-state index contributed by atoms with van der Waals surface area (Å²) in [6, 6.07) is 0. The monoisotopic (exact) mass is 251 g/mol. The van der Waals surface area contributed by atoms with Gasteiger partial charge in [-0.05, 0) is 44.9 Å². The molecule has 0 fully saturated rings. The maximum absolute atomic E-state index is 6.15. The minimum Gasteiger partial charge on any atom is -0.325 e. The fourth-order valence-corrected chi connectivity index (χ4v) is 2.13. The van der Waals surface area contributed by atoms with Gasteiger partial charge in [-0.1, -0.05) is 57.9 Å². The van der Waals surface area contributed by atoms with Gasteiger partial charge in [0.2, 0.25) is 0 Å². The molecule has 18 heavy (non-hydrogen) atoms. The van der Waals surface area contributed by atoms with Crippen molar-refractivity contribution in [1.82, 2.24) is 0 Å². The summed E-state index contributed by atoms with van der Waals surface area (Å²) in [7, 11) is 0. The highest BCUT2D eigenvalue weighted by atomic mass is 14.7. The van der Waals surface area contributed by atoms with Gasteiger partial charge < -0.3 is 5.73 Å². The standard InChI is InChI=1S/C17H33N/c1-7-14(3)10-9-11-15(4)12-13-16(8-2)17(5,6)18/h12-14,16H,4,7-11,18H2,1-3,5-6H3/b13-12-. The van der Waals surface area contributed by atoms with Crippen LogP contribution in [0, 0.1) is 11.8 Å². The van der Waals surface area contributed by atoms with Crippen molar-refractivity contribution in [2.75, 3.05) is 0 Å². The van der Waals surface area contributed by atoms with E-state index in [1.165, 1.54) is 24.8 Å². The van der Waals surface area contributed by atoms with Crippen LogP contribution < -0.4 is 5.73 Å². The Morgan fingerprint density at radius 2 is 1.89 bits per heavy atom. The van der Waals surface area contributed by atoms with Crippen molar-refractivity contribution < 1.29 is 0 Å². The molecule has 0 aromatic heterocycles. The molecule has 2 unspecified atom stereocenters. The van der Waals surface area contributed by atoms with Crippen molar-refractivity contribution in [2.24, 2.45) is 17.6 Å². The molecule has 2 N–H and O–H groups in total. The highest BCUT2D eigenvalue weighted by molar-refractivity contribution is 5.16. The molecule has 1 heteroatoms. The van der Waals surface area contributed by atoms with Gasteiger partial charge in [-0.15, -0.1) is 0 Å². The predicted octanol–water partition coefficient (Wildman–Crippen LogP) is 5.08. The van der Waals surface area contributed by atoms with Gasteiger partial charge in [-0.25, -0.2) is 0 Å². The first kappa shape index (κ1) is 17.4. The van der Waals surface area contributed by atoms with Gasteiger partial charge in [0.25, 0.3) is 0 Å². The SMILES string of the molecule is C=C(/C=C\C(CC)C(C)(C)N)CCCC(C)CC. The van der Waals surface area contributed by atoms with Crippen LogP contribution in [0.3, 0.4) is 0 Å². The molecule has 0 amide bonds. The molecule has 0 aromatic rings. The molecule has 0 rings (SSSR count). The van der Waals surface area contributed by atoms with Crippen molar-refractivity contribution in [3.8, 4) is 0 Å². The maximum atomic E-state index is 6.15. The summed E-state index contributed by atoms with van der Waals surface area (Å²) >= 11 is 0. The topological polar surface area (TPSA) is 26.0 Å². The first-order valence-corrected chi connectivity index (χ1v) is 7.46. The maximum Gasteiger partial charge on any atom is 0.0160 e. The summed E-state index contributed by atoms with van der Waals surface area (Å²) in [5, 5.41) is 0. The molecular formula is C17H33N. The summed E-state index contributed by atoms with van der Waals surface area (Å²) in [6.07, 6.45) is 10.5. The van der Waals surface area contributed by atoms with Crippen molar-refractivity contribution >= 4 is 0 Å². The second kappa shape index (κ2) is 8.53. The summed E-state index contributed by atoms with van der Waals surface area (Å²) in [5.41, 5.74) is 7.25. The van der Waals surface area contributed by atoms with E-state index in [9.17, 15) is 0 Å². The molecule has 0 radical (unpaired) electrons. The lowest BCUT2D eigenvalue weighted by atomic mass is 9.85. The molecule has 0 spiro atoms. The average Bonchev–Trinajstić information content (AvgIpc) is 2.27. The fourth-order valence-electron chi connectivity index (χ4n) is 2.13. The second-order valence-electron chi connectivity index (χ2n) is 6.26. The first-order valence-electron chi connectivity index (χ1n) is 7.46. The summed E-state index contributed by atoms with van der Waals surface area (Å²) in [6.45, 7) is 15.1. The Morgan fingerprint density at radius 1 is 1.28 bits per heavy atom. The summed E-state index contributed by atoms with van der Waals surface area (Å²) < 4.78 is 0. The highest BCUT2D eigenvalue weighted by Gasteiger charge is 2.20. The zero-order valence-electron chi connectivity index (χ0n) is 13.1. The molecule has 0 aromatic carbocycles. The fraction of sp³-hybridized carbons (Fsp3) is 0.765. The second-order valence-corrected chi connectivity index (χ2v) is 6.26. The molecule has 0 saturated carbocycles. The van der Waals surface area contributed by atoms with Crippen molar-refractivity contribution in [3.05, 3.63) is 24.3 Å². The van der Waals surface area contributed by atoms with Crippen LogP contribution >= 0.6 is 0 Å². The van der Waals surface area contributed by atoms with Crippen LogP contribution in [-0.4, -0.2) is 5.54 Å². The van der Waals surface area contributed by atoms with Gasteiger partial charge in [0, 0.05) is 5.54 Å². The number of allylic oxidation sites excluding steroid dienone is 2. The molecule has 0 aliphatic carbocycles. The van der Waals surface area contributed by atoms with Crippen LogP contribution in [0.4, 0.5) is 0 Å². The smallest absolute Gasteiger partial charge is 0.0160 e. The van der Waals surface area contributed by atoms with E-state index in [4.69, 9.17) is 5.73 Å². The third-order valence-electron chi connectivity index (χ3n) is 3.85. The van der Waals surface area contributed by atoms with Crippen LogP contribution in [0.5, 0.6) is 0 Å². The summed E-state index contributed by atoms with van der Waals surface area (Å²) in [4.78, 5) is 0. The predicted molar refractivity (Wildman–Crippen MR) is 83.6 cm³/mol. The highest BCUT2D eigenvalue weighted by Crippen LogP contribution is 2.20. The molecule has 0 bridgehead atoms.